The maximum absolute atomic E-state index is 14.6. The molecule has 0 amide bonds. The summed E-state index contributed by atoms with van der Waals surface area (Å²) < 4.78 is 33.4. The van der Waals surface area contributed by atoms with Crippen molar-refractivity contribution in [3.05, 3.63) is 58.6 Å². The van der Waals surface area contributed by atoms with Crippen molar-refractivity contribution in [2.45, 2.75) is 13.5 Å². The van der Waals surface area contributed by atoms with E-state index in [0.717, 1.165) is 0 Å². The van der Waals surface area contributed by atoms with Gasteiger partial charge in [-0.25, -0.2) is 9.37 Å². The topological polar surface area (TPSA) is 101 Å². The number of methoxy groups -OCH3 is 1. The zero-order chi connectivity index (χ0) is 20.8. The van der Waals surface area contributed by atoms with E-state index in [1.165, 1.54) is 28.5 Å². The van der Waals surface area contributed by atoms with Crippen molar-refractivity contribution in [1.29, 1.82) is 0 Å². The Labute approximate surface area is 168 Å². The highest BCUT2D eigenvalue weighted by Gasteiger charge is 2.22. The van der Waals surface area contributed by atoms with E-state index in [9.17, 15) is 9.18 Å². The third-order valence-electron chi connectivity index (χ3n) is 4.82. The van der Waals surface area contributed by atoms with Crippen LogP contribution < -0.4 is 5.56 Å². The third kappa shape index (κ3) is 2.72. The summed E-state index contributed by atoms with van der Waals surface area (Å²) in [5, 5.41) is 3.96. The van der Waals surface area contributed by atoms with Gasteiger partial charge in [-0.1, -0.05) is 11.2 Å². The molecule has 0 aliphatic heterocycles. The Balaban J connectivity index is 1.75. The van der Waals surface area contributed by atoms with E-state index in [2.05, 4.69) is 15.1 Å². The molecule has 152 valence electrons. The third-order valence-corrected chi connectivity index (χ3v) is 4.82. The quantitative estimate of drug-likeness (QED) is 0.440. The van der Waals surface area contributed by atoms with Gasteiger partial charge in [-0.2, -0.15) is 4.98 Å². The van der Waals surface area contributed by atoms with Crippen molar-refractivity contribution in [3.63, 3.8) is 0 Å². The molecule has 0 saturated heterocycles. The molecule has 5 rings (SSSR count). The molecule has 0 radical (unpaired) electrons. The SMILES string of the molecule is COCCn1c(=O)c2c(-c3noc(-c4ccc(C)o4)n3)ncn2c2cccc(F)c21. The van der Waals surface area contributed by atoms with Gasteiger partial charge < -0.3 is 18.2 Å². The number of imidazole rings is 1. The van der Waals surface area contributed by atoms with Crippen molar-refractivity contribution in [2.24, 2.45) is 0 Å². The number of hydrogen-bond acceptors (Lipinski definition) is 7. The number of nitrogens with zero attached hydrogens (tertiary/aromatic N) is 5. The summed E-state index contributed by atoms with van der Waals surface area (Å²) in [5.74, 6) is 0.915. The fourth-order valence-electron chi connectivity index (χ4n) is 3.46. The molecule has 0 saturated carbocycles. The van der Waals surface area contributed by atoms with Gasteiger partial charge in [0.2, 0.25) is 5.82 Å². The summed E-state index contributed by atoms with van der Waals surface area (Å²) >= 11 is 0. The van der Waals surface area contributed by atoms with Gasteiger partial charge >= 0.3 is 0 Å². The van der Waals surface area contributed by atoms with Gasteiger partial charge in [-0.15, -0.1) is 0 Å². The van der Waals surface area contributed by atoms with Crippen LogP contribution in [0.5, 0.6) is 0 Å². The number of ether oxygens (including phenoxy) is 1. The molecule has 0 N–H and O–H groups in total. The lowest BCUT2D eigenvalue weighted by Gasteiger charge is -2.12. The number of hydrogen-bond donors (Lipinski definition) is 0. The largest absolute Gasteiger partial charge is 0.456 e. The van der Waals surface area contributed by atoms with Crippen molar-refractivity contribution in [3.8, 4) is 23.2 Å². The lowest BCUT2D eigenvalue weighted by Crippen LogP contribution is -2.25. The molecule has 30 heavy (non-hydrogen) atoms. The standard InChI is InChI=1S/C20H16FN5O4/c1-11-6-7-14(29-11)19-23-18(24-30-19)15-17-20(27)25(8-9-28-2)16-12(21)4-3-5-13(16)26(17)10-22-15/h3-7,10H,8-9H2,1-2H3. The number of para-hydroxylation sites is 1. The van der Waals surface area contributed by atoms with E-state index < -0.39 is 11.4 Å². The minimum atomic E-state index is -0.507. The molecule has 4 heterocycles. The van der Waals surface area contributed by atoms with Gasteiger partial charge in [0, 0.05) is 13.7 Å². The zero-order valence-corrected chi connectivity index (χ0v) is 16.1. The monoisotopic (exact) mass is 409 g/mol. The molecule has 0 unspecified atom stereocenters. The predicted octanol–water partition coefficient (Wildman–Crippen LogP) is 3.05. The number of aryl methyl sites for hydroxylation is 1. The van der Waals surface area contributed by atoms with Gasteiger partial charge in [0.1, 0.15) is 34.6 Å². The van der Waals surface area contributed by atoms with Crippen molar-refractivity contribution < 1.29 is 18.1 Å². The Morgan fingerprint density at radius 3 is 2.83 bits per heavy atom. The van der Waals surface area contributed by atoms with Crippen LogP contribution in [0.25, 0.3) is 39.7 Å². The lowest BCUT2D eigenvalue weighted by molar-refractivity contribution is 0.187. The second-order valence-electron chi connectivity index (χ2n) is 6.70. The van der Waals surface area contributed by atoms with E-state index in [-0.39, 0.29) is 41.6 Å². The number of fused-ring (bicyclic) bond motifs is 3. The molecule has 0 aliphatic rings. The summed E-state index contributed by atoms with van der Waals surface area (Å²) in [7, 11) is 1.52. The summed E-state index contributed by atoms with van der Waals surface area (Å²) in [6, 6.07) is 8.10. The van der Waals surface area contributed by atoms with E-state index in [1.54, 1.807) is 31.2 Å². The Hall–Kier alpha value is -3.79. The average molecular weight is 409 g/mol. The van der Waals surface area contributed by atoms with Crippen LogP contribution in [0.2, 0.25) is 0 Å². The van der Waals surface area contributed by atoms with E-state index in [0.29, 0.717) is 17.0 Å². The van der Waals surface area contributed by atoms with E-state index in [4.69, 9.17) is 13.7 Å². The molecule has 9 nitrogen and oxygen atoms in total. The van der Waals surface area contributed by atoms with Crippen LogP contribution in [-0.4, -0.2) is 37.8 Å². The Morgan fingerprint density at radius 2 is 2.07 bits per heavy atom. The van der Waals surface area contributed by atoms with Crippen molar-refractivity contribution >= 4 is 16.6 Å². The number of aromatic nitrogens is 5. The molecule has 1 aromatic carbocycles. The molecule has 0 aliphatic carbocycles. The normalized spacial score (nSPS) is 11.7. The smallest absolute Gasteiger partial charge is 0.293 e. The highest BCUT2D eigenvalue weighted by Crippen LogP contribution is 2.26. The molecular weight excluding hydrogens is 393 g/mol. The van der Waals surface area contributed by atoms with Crippen LogP contribution in [0, 0.1) is 12.7 Å². The zero-order valence-electron chi connectivity index (χ0n) is 16.1. The van der Waals surface area contributed by atoms with Crippen LogP contribution in [0.1, 0.15) is 5.76 Å². The summed E-state index contributed by atoms with van der Waals surface area (Å²) in [4.78, 5) is 22.0. The van der Waals surface area contributed by atoms with Crippen LogP contribution in [0.3, 0.4) is 0 Å². The van der Waals surface area contributed by atoms with Crippen molar-refractivity contribution in [1.82, 2.24) is 24.1 Å². The molecule has 10 heteroatoms. The lowest BCUT2D eigenvalue weighted by atomic mass is 10.2. The van der Waals surface area contributed by atoms with Gasteiger partial charge in [-0.05, 0) is 31.2 Å². The number of halogens is 1. The first kappa shape index (κ1) is 18.3. The van der Waals surface area contributed by atoms with Gasteiger partial charge in [0.05, 0.1) is 12.1 Å². The number of rotatable bonds is 5. The maximum atomic E-state index is 14.6. The highest BCUT2D eigenvalue weighted by atomic mass is 19.1. The molecule has 0 spiro atoms. The summed E-state index contributed by atoms with van der Waals surface area (Å²) in [5.41, 5.74) is 0.681. The molecule has 5 aromatic rings. The van der Waals surface area contributed by atoms with Crippen LogP contribution in [0.15, 0.2) is 50.4 Å². The molecule has 0 atom stereocenters. The Morgan fingerprint density at radius 1 is 1.20 bits per heavy atom. The second kappa shape index (κ2) is 6.92. The minimum absolute atomic E-state index is 0.132. The highest BCUT2D eigenvalue weighted by molar-refractivity contribution is 5.84. The van der Waals surface area contributed by atoms with Crippen molar-refractivity contribution in [2.75, 3.05) is 13.7 Å². The van der Waals surface area contributed by atoms with Gasteiger partial charge in [-0.3, -0.25) is 9.20 Å². The minimum Gasteiger partial charge on any atom is -0.456 e. The molecule has 4 aromatic heterocycles. The Kier molecular flexibility index (Phi) is 4.21. The van der Waals surface area contributed by atoms with Crippen LogP contribution in [0.4, 0.5) is 4.39 Å². The predicted molar refractivity (Wildman–Crippen MR) is 105 cm³/mol. The van der Waals surface area contributed by atoms with E-state index in [1.807, 2.05) is 0 Å². The van der Waals surface area contributed by atoms with Gasteiger partial charge in [0.15, 0.2) is 5.76 Å². The van der Waals surface area contributed by atoms with Crippen LogP contribution in [-0.2, 0) is 11.3 Å². The average Bonchev–Trinajstić information content (AvgIpc) is 3.47. The van der Waals surface area contributed by atoms with Gasteiger partial charge in [0.25, 0.3) is 11.4 Å². The molecule has 0 bridgehead atoms. The summed E-state index contributed by atoms with van der Waals surface area (Å²) in [6.07, 6.45) is 1.45. The first-order valence-corrected chi connectivity index (χ1v) is 9.16. The number of furan rings is 1. The first-order valence-electron chi connectivity index (χ1n) is 9.16. The van der Waals surface area contributed by atoms with E-state index >= 15 is 0 Å². The molecule has 0 fully saturated rings. The first-order chi connectivity index (χ1) is 14.6. The maximum Gasteiger partial charge on any atom is 0.293 e. The Bertz CT molecular complexity index is 1440. The second-order valence-corrected chi connectivity index (χ2v) is 6.70. The fourth-order valence-corrected chi connectivity index (χ4v) is 3.46. The summed E-state index contributed by atoms with van der Waals surface area (Å²) in [6.45, 7) is 2.22. The number of benzene rings is 1. The molecular formula is C20H16FN5O4. The van der Waals surface area contributed by atoms with Crippen LogP contribution >= 0.6 is 0 Å². The fraction of sp³-hybridized carbons (Fsp3) is 0.200.